The predicted molar refractivity (Wildman–Crippen MR) is 76.5 cm³/mol. The third-order valence-electron chi connectivity index (χ3n) is 3.29. The number of amides is 1. The van der Waals surface area contributed by atoms with E-state index < -0.39 is 9.84 Å². The second-order valence-corrected chi connectivity index (χ2v) is 7.91. The molecular formula is C13H16BrNO3S. The van der Waals surface area contributed by atoms with Gasteiger partial charge in [0.1, 0.15) is 0 Å². The van der Waals surface area contributed by atoms with E-state index in [-0.39, 0.29) is 29.0 Å². The van der Waals surface area contributed by atoms with Crippen LogP contribution in [0.15, 0.2) is 33.6 Å². The highest BCUT2D eigenvalue weighted by Crippen LogP contribution is 2.37. The van der Waals surface area contributed by atoms with E-state index >= 15 is 0 Å². The summed E-state index contributed by atoms with van der Waals surface area (Å²) >= 11 is 3.26. The number of hydrogen-bond acceptors (Lipinski definition) is 3. The molecule has 0 saturated heterocycles. The third-order valence-corrected chi connectivity index (χ3v) is 5.55. The number of rotatable bonds is 5. The summed E-state index contributed by atoms with van der Waals surface area (Å²) < 4.78 is 24.9. The molecule has 2 atom stereocenters. The number of hydrogen-bond donors (Lipinski definition) is 1. The Kier molecular flexibility index (Phi) is 4.30. The molecule has 2 rings (SSSR count). The summed E-state index contributed by atoms with van der Waals surface area (Å²) in [5, 5.41) is 2.68. The fourth-order valence-electron chi connectivity index (χ4n) is 1.89. The Bertz CT molecular complexity index is 568. The lowest BCUT2D eigenvalue weighted by molar-refractivity contribution is -0.122. The standard InChI is InChI=1S/C13H16BrNO3S/c1-9-8-12(9)13(16)15-6-7-19(17,18)11-4-2-10(14)3-5-11/h2-5,9,12H,6-8H2,1H3,(H,15,16). The monoisotopic (exact) mass is 345 g/mol. The van der Waals surface area contributed by atoms with Gasteiger partial charge in [-0.3, -0.25) is 4.79 Å². The van der Waals surface area contributed by atoms with Crippen LogP contribution in [0.25, 0.3) is 0 Å². The van der Waals surface area contributed by atoms with Crippen molar-refractivity contribution in [1.29, 1.82) is 0 Å². The molecule has 1 fully saturated rings. The molecule has 0 spiro atoms. The quantitative estimate of drug-likeness (QED) is 0.887. The van der Waals surface area contributed by atoms with Crippen molar-refractivity contribution in [3.05, 3.63) is 28.7 Å². The molecule has 1 amide bonds. The van der Waals surface area contributed by atoms with Crippen LogP contribution >= 0.6 is 15.9 Å². The molecule has 1 saturated carbocycles. The molecule has 1 aromatic carbocycles. The first-order valence-corrected chi connectivity index (χ1v) is 8.61. The molecule has 0 aliphatic heterocycles. The van der Waals surface area contributed by atoms with Gasteiger partial charge in [-0.2, -0.15) is 0 Å². The van der Waals surface area contributed by atoms with Crippen LogP contribution in [0.5, 0.6) is 0 Å². The summed E-state index contributed by atoms with van der Waals surface area (Å²) in [7, 11) is -3.33. The van der Waals surface area contributed by atoms with Crippen molar-refractivity contribution in [3.8, 4) is 0 Å². The summed E-state index contributed by atoms with van der Waals surface area (Å²) in [5.74, 6) is 0.415. The van der Waals surface area contributed by atoms with Crippen LogP contribution in [0.1, 0.15) is 13.3 Å². The van der Waals surface area contributed by atoms with E-state index in [4.69, 9.17) is 0 Å². The van der Waals surface area contributed by atoms with Crippen LogP contribution in [0, 0.1) is 11.8 Å². The van der Waals surface area contributed by atoms with Gasteiger partial charge >= 0.3 is 0 Å². The van der Waals surface area contributed by atoms with E-state index in [9.17, 15) is 13.2 Å². The minimum absolute atomic E-state index is 0.0292. The van der Waals surface area contributed by atoms with Crippen LogP contribution in [-0.2, 0) is 14.6 Å². The Morgan fingerprint density at radius 3 is 2.47 bits per heavy atom. The van der Waals surface area contributed by atoms with Crippen molar-refractivity contribution >= 4 is 31.7 Å². The molecule has 6 heteroatoms. The minimum Gasteiger partial charge on any atom is -0.355 e. The van der Waals surface area contributed by atoms with Gasteiger partial charge in [0.2, 0.25) is 5.91 Å². The molecule has 4 nitrogen and oxygen atoms in total. The maximum atomic E-state index is 12.0. The number of carbonyl (C=O) groups excluding carboxylic acids is 1. The summed E-state index contributed by atoms with van der Waals surface area (Å²) in [6.45, 7) is 2.18. The molecule has 2 unspecified atom stereocenters. The van der Waals surface area contributed by atoms with Crippen LogP contribution < -0.4 is 5.32 Å². The van der Waals surface area contributed by atoms with E-state index in [1.54, 1.807) is 24.3 Å². The fourth-order valence-corrected chi connectivity index (χ4v) is 3.31. The van der Waals surface area contributed by atoms with E-state index in [1.165, 1.54) is 0 Å². The Morgan fingerprint density at radius 2 is 1.95 bits per heavy atom. The Balaban J connectivity index is 1.87. The van der Waals surface area contributed by atoms with Crippen molar-refractivity contribution in [2.24, 2.45) is 11.8 Å². The van der Waals surface area contributed by atoms with Gasteiger partial charge in [0, 0.05) is 16.9 Å². The highest BCUT2D eigenvalue weighted by molar-refractivity contribution is 9.10. The number of halogens is 1. The molecular weight excluding hydrogens is 330 g/mol. The first-order valence-electron chi connectivity index (χ1n) is 6.16. The predicted octanol–water partition coefficient (Wildman–Crippen LogP) is 1.99. The van der Waals surface area contributed by atoms with E-state index in [0.717, 1.165) is 10.9 Å². The molecule has 1 N–H and O–H groups in total. The Morgan fingerprint density at radius 1 is 1.37 bits per heavy atom. The molecule has 19 heavy (non-hydrogen) atoms. The fraction of sp³-hybridized carbons (Fsp3) is 0.462. The topological polar surface area (TPSA) is 63.2 Å². The van der Waals surface area contributed by atoms with Gasteiger partial charge in [-0.15, -0.1) is 0 Å². The van der Waals surface area contributed by atoms with Crippen molar-refractivity contribution in [3.63, 3.8) is 0 Å². The van der Waals surface area contributed by atoms with Crippen molar-refractivity contribution in [2.75, 3.05) is 12.3 Å². The van der Waals surface area contributed by atoms with Crippen molar-refractivity contribution < 1.29 is 13.2 Å². The molecule has 0 radical (unpaired) electrons. The number of sulfone groups is 1. The van der Waals surface area contributed by atoms with Gasteiger partial charge in [-0.1, -0.05) is 22.9 Å². The lowest BCUT2D eigenvalue weighted by Gasteiger charge is -2.06. The molecule has 0 bridgehead atoms. The number of benzene rings is 1. The smallest absolute Gasteiger partial charge is 0.223 e. The molecule has 1 aromatic rings. The van der Waals surface area contributed by atoms with Crippen LogP contribution in [0.3, 0.4) is 0 Å². The van der Waals surface area contributed by atoms with Crippen LogP contribution in [-0.4, -0.2) is 26.6 Å². The van der Waals surface area contributed by atoms with E-state index in [1.807, 2.05) is 6.92 Å². The highest BCUT2D eigenvalue weighted by Gasteiger charge is 2.38. The Labute approximate surface area is 121 Å². The summed E-state index contributed by atoms with van der Waals surface area (Å²) in [5.41, 5.74) is 0. The molecule has 0 aromatic heterocycles. The molecule has 1 aliphatic rings. The van der Waals surface area contributed by atoms with Crippen molar-refractivity contribution in [2.45, 2.75) is 18.2 Å². The van der Waals surface area contributed by atoms with Gasteiger partial charge < -0.3 is 5.32 Å². The zero-order chi connectivity index (χ0) is 14.0. The zero-order valence-electron chi connectivity index (χ0n) is 10.6. The average molecular weight is 346 g/mol. The summed E-state index contributed by atoms with van der Waals surface area (Å²) in [4.78, 5) is 11.9. The zero-order valence-corrected chi connectivity index (χ0v) is 13.0. The second kappa shape index (κ2) is 5.63. The maximum absolute atomic E-state index is 12.0. The lowest BCUT2D eigenvalue weighted by Crippen LogP contribution is -2.30. The van der Waals surface area contributed by atoms with Gasteiger partial charge in [0.25, 0.3) is 0 Å². The minimum atomic E-state index is -3.33. The van der Waals surface area contributed by atoms with Crippen LogP contribution in [0.4, 0.5) is 0 Å². The van der Waals surface area contributed by atoms with Crippen molar-refractivity contribution in [1.82, 2.24) is 5.32 Å². The van der Waals surface area contributed by atoms with Crippen LogP contribution in [0.2, 0.25) is 0 Å². The second-order valence-electron chi connectivity index (χ2n) is 4.88. The lowest BCUT2D eigenvalue weighted by atomic mass is 10.3. The molecule has 1 aliphatic carbocycles. The van der Waals surface area contributed by atoms with E-state index in [0.29, 0.717) is 5.92 Å². The molecule has 0 heterocycles. The van der Waals surface area contributed by atoms with Gasteiger partial charge in [-0.25, -0.2) is 8.42 Å². The SMILES string of the molecule is CC1CC1C(=O)NCCS(=O)(=O)c1ccc(Br)cc1. The first-order chi connectivity index (χ1) is 8.90. The van der Waals surface area contributed by atoms with Gasteiger partial charge in [0.15, 0.2) is 9.84 Å². The maximum Gasteiger partial charge on any atom is 0.223 e. The number of nitrogens with one attached hydrogen (secondary N) is 1. The van der Waals surface area contributed by atoms with E-state index in [2.05, 4.69) is 21.2 Å². The highest BCUT2D eigenvalue weighted by atomic mass is 79.9. The largest absolute Gasteiger partial charge is 0.355 e. The average Bonchev–Trinajstić information content (AvgIpc) is 3.07. The normalized spacial score (nSPS) is 22.0. The van der Waals surface area contributed by atoms with Gasteiger partial charge in [0.05, 0.1) is 10.6 Å². The molecule has 104 valence electrons. The number of carbonyl (C=O) groups is 1. The van der Waals surface area contributed by atoms with Gasteiger partial charge in [-0.05, 0) is 36.6 Å². The summed E-state index contributed by atoms with van der Waals surface area (Å²) in [6.07, 6.45) is 0.908. The Hall–Kier alpha value is -0.880. The summed E-state index contributed by atoms with van der Waals surface area (Å²) in [6, 6.07) is 6.50. The third kappa shape index (κ3) is 3.79. The first kappa shape index (κ1) is 14.5.